The van der Waals surface area contributed by atoms with Crippen molar-refractivity contribution in [3.63, 3.8) is 0 Å². The summed E-state index contributed by atoms with van der Waals surface area (Å²) in [5, 5.41) is 0. The van der Waals surface area contributed by atoms with E-state index in [0.717, 1.165) is 30.3 Å². The topological polar surface area (TPSA) is 448 Å². The van der Waals surface area contributed by atoms with Crippen molar-refractivity contribution in [2.75, 3.05) is 140 Å². The molecule has 0 spiro atoms. The van der Waals surface area contributed by atoms with Gasteiger partial charge in [0.2, 0.25) is 0 Å². The number of carbonyl (C=O) groups is 10. The number of ether oxygens (including phenoxy) is 20. The van der Waals surface area contributed by atoms with Crippen molar-refractivity contribution in [1.29, 1.82) is 0 Å². The van der Waals surface area contributed by atoms with Crippen LogP contribution in [0.1, 0.15) is 64.6 Å². The Hall–Kier alpha value is -13.2. The van der Waals surface area contributed by atoms with Gasteiger partial charge in [-0.15, -0.1) is 0 Å². The van der Waals surface area contributed by atoms with Gasteiger partial charge in [-0.2, -0.15) is 24.0 Å². The smallest absolute Gasteiger partial charge is 0.496 e. The maximum atomic E-state index is 13.6. The Bertz CT molecular complexity index is 3650. The molecule has 40 heteroatoms. The van der Waals surface area contributed by atoms with Gasteiger partial charge in [-0.25, -0.2) is 72.8 Å². The third kappa shape index (κ3) is 22.9. The predicted octanol–water partition coefficient (Wildman–Crippen LogP) is 8.37. The van der Waals surface area contributed by atoms with Gasteiger partial charge in [-0.1, -0.05) is 0 Å². The van der Waals surface area contributed by atoms with Crippen LogP contribution in [0.25, 0.3) is 0 Å². The Morgan fingerprint density at radius 2 is 0.390 bits per heavy atom. The van der Waals surface area contributed by atoms with Gasteiger partial charge in [0.1, 0.15) is 56.6 Å². The summed E-state index contributed by atoms with van der Waals surface area (Å²) in [4.78, 5) is 181. The first kappa shape index (κ1) is 82.5. The monoisotopic (exact) mass is 1490 g/mol. The molecule has 0 aliphatic carbocycles. The molecule has 5 aromatic rings. The minimum absolute atomic E-state index is 0.000364. The molecule has 5 aromatic carbocycles. The number of benzene rings is 5. The van der Waals surface area contributed by atoms with Crippen LogP contribution < -0.4 is 71.1 Å². The molecule has 572 valence electrons. The van der Waals surface area contributed by atoms with E-state index in [1.54, 1.807) is 0 Å². The number of methoxy groups -OCH3 is 15. The molecule has 105 heavy (non-hydrogen) atoms. The van der Waals surface area contributed by atoms with Crippen molar-refractivity contribution in [2.45, 2.75) is 12.8 Å². The van der Waals surface area contributed by atoms with Gasteiger partial charge >= 0.3 is 60.6 Å². The quantitative estimate of drug-likeness (QED) is 0.0161. The molecule has 0 bridgehead atoms. The van der Waals surface area contributed by atoms with Crippen LogP contribution in [-0.4, -0.2) is 200 Å². The van der Waals surface area contributed by atoms with Crippen LogP contribution in [0.15, 0.2) is 60.7 Å². The van der Waals surface area contributed by atoms with Gasteiger partial charge in [-0.05, 0) is 12.8 Å². The lowest BCUT2D eigenvalue weighted by molar-refractivity contribution is -0.210. The molecule has 0 heterocycles. The van der Waals surface area contributed by atoms with E-state index >= 15 is 0 Å². The summed E-state index contributed by atoms with van der Waals surface area (Å²) in [6.45, 7) is -4.80. The molecular formula is C65H72O40. The first-order valence-corrected chi connectivity index (χ1v) is 29.8. The van der Waals surface area contributed by atoms with Crippen LogP contribution in [0.2, 0.25) is 0 Å². The molecule has 0 amide bonds. The Morgan fingerprint density at radius 3 is 0.581 bits per heavy atom. The van der Waals surface area contributed by atoms with E-state index in [-0.39, 0.29) is 114 Å². The normalized spacial score (nSPS) is 11.2. The van der Waals surface area contributed by atoms with Crippen LogP contribution in [0.5, 0.6) is 86.2 Å². The maximum Gasteiger partial charge on any atom is 0.549 e. The van der Waals surface area contributed by atoms with Gasteiger partial charge in [-0.3, -0.25) is 0 Å². The lowest BCUT2D eigenvalue weighted by Crippen LogP contribution is -2.37. The fourth-order valence-electron chi connectivity index (χ4n) is 9.25. The predicted molar refractivity (Wildman–Crippen MR) is 339 cm³/mol. The summed E-state index contributed by atoms with van der Waals surface area (Å²) in [6, 6.07) is 11.9. The molecule has 0 fully saturated rings. The van der Waals surface area contributed by atoms with Crippen LogP contribution in [0.4, 0.5) is 24.0 Å². The molecule has 0 aliphatic rings. The standard InChI is InChI=1S/C65H72O40/c1-76-41-25-51(86-11)46(81-6)20-35(41)56(66)96-101-61(71)91-18-16-33(30-93-63(73)103-98-58(68)37-22-48(83-8)53(88-13)27-43(37)78-3)40(32-95-65(75)105-100-60(70)39-24-50(85-10)55(90-15)29-45(39)80-5)34(31-94-64(74)104-99-59(69)38-23-49(84-9)54(89-14)28-44(38)79-4)17-19-92-62(72)102-97-57(67)36-21-47(82-7)52(87-12)26-42(36)77-2/h20-29,33-34,40H,16-19,30-32H2,1-15H3. The molecular weight excluding hydrogens is 1420 g/mol. The second kappa shape index (κ2) is 41.5. The minimum Gasteiger partial charge on any atom is -0.496 e. The molecule has 5 rings (SSSR count). The summed E-state index contributed by atoms with van der Waals surface area (Å²) < 4.78 is 106. The van der Waals surface area contributed by atoms with Crippen molar-refractivity contribution in [2.24, 2.45) is 17.8 Å². The molecule has 0 N–H and O–H groups in total. The van der Waals surface area contributed by atoms with Crippen molar-refractivity contribution in [3.8, 4) is 86.2 Å². The number of rotatable bonds is 34. The average molecular weight is 1490 g/mol. The largest absolute Gasteiger partial charge is 0.549 e. The molecule has 0 saturated heterocycles. The van der Waals surface area contributed by atoms with Crippen molar-refractivity contribution in [1.82, 2.24) is 0 Å². The zero-order valence-electron chi connectivity index (χ0n) is 58.8. The third-order valence-electron chi connectivity index (χ3n) is 14.4. The summed E-state index contributed by atoms with van der Waals surface area (Å²) >= 11 is 0. The second-order valence-electron chi connectivity index (χ2n) is 19.9. The number of hydrogen-bond acceptors (Lipinski definition) is 40. The lowest BCUT2D eigenvalue weighted by atomic mass is 9.79. The SMILES string of the molecule is COc1cc(OC)c(C(=O)OOC(=O)OCCC(COC(=O)OOC(=O)c2cc(OC)c(OC)cc2OC)C(COC(=O)OOC(=O)c2cc(OC)c(OC)cc2OC)C(CCOC(=O)OOC(=O)c2cc(OC)c(OC)cc2OC)COC(=O)OOC(=O)c2cc(OC)c(OC)cc2OC)cc1OC. The first-order valence-electron chi connectivity index (χ1n) is 29.8. The highest BCUT2D eigenvalue weighted by atomic mass is 17.3. The zero-order chi connectivity index (χ0) is 77.3. The summed E-state index contributed by atoms with van der Waals surface area (Å²) in [5.41, 5.74) is -1.77. The maximum absolute atomic E-state index is 13.6. The van der Waals surface area contributed by atoms with E-state index in [4.69, 9.17) is 134 Å². The molecule has 0 radical (unpaired) electrons. The van der Waals surface area contributed by atoms with Crippen molar-refractivity contribution < 1.29 is 192 Å². The van der Waals surface area contributed by atoms with E-state index in [9.17, 15) is 47.9 Å². The van der Waals surface area contributed by atoms with E-state index in [2.05, 4.69) is 9.78 Å². The van der Waals surface area contributed by atoms with Gasteiger partial charge < -0.3 is 94.7 Å². The van der Waals surface area contributed by atoms with Crippen molar-refractivity contribution >= 4 is 60.6 Å². The lowest BCUT2D eigenvalue weighted by Gasteiger charge is -2.32. The van der Waals surface area contributed by atoms with E-state index in [0.29, 0.717) is 0 Å². The third-order valence-corrected chi connectivity index (χ3v) is 14.4. The summed E-state index contributed by atoms with van der Waals surface area (Å²) in [6.07, 6.45) is -10.0. The van der Waals surface area contributed by atoms with E-state index in [1.807, 2.05) is 0 Å². The highest BCUT2D eigenvalue weighted by molar-refractivity contribution is 5.96. The molecule has 2 unspecified atom stereocenters. The molecule has 0 saturated carbocycles. The fourth-order valence-corrected chi connectivity index (χ4v) is 9.25. The first-order chi connectivity index (χ1) is 50.5. The zero-order valence-corrected chi connectivity index (χ0v) is 58.8. The fraction of sp³-hybridized carbons (Fsp3) is 0.385. The average Bonchev–Trinajstić information content (AvgIpc) is 0.844. The Labute approximate surface area is 595 Å². The Kier molecular flexibility index (Phi) is 32.6. The van der Waals surface area contributed by atoms with E-state index in [1.165, 1.54) is 137 Å². The molecule has 2 atom stereocenters. The Balaban J connectivity index is 1.55. The van der Waals surface area contributed by atoms with Crippen LogP contribution in [0, 0.1) is 17.8 Å². The van der Waals surface area contributed by atoms with Gasteiger partial charge in [0.05, 0.1) is 140 Å². The van der Waals surface area contributed by atoms with Gasteiger partial charge in [0.15, 0.2) is 57.5 Å². The van der Waals surface area contributed by atoms with Crippen LogP contribution >= 0.6 is 0 Å². The van der Waals surface area contributed by atoms with Crippen LogP contribution in [-0.2, 0) is 72.6 Å². The minimum atomic E-state index is -1.80. The second-order valence-corrected chi connectivity index (χ2v) is 19.9. The van der Waals surface area contributed by atoms with Crippen LogP contribution in [0.3, 0.4) is 0 Å². The number of hydrogen-bond donors (Lipinski definition) is 0. The van der Waals surface area contributed by atoms with Gasteiger partial charge in [0, 0.05) is 78.4 Å². The summed E-state index contributed by atoms with van der Waals surface area (Å²) in [5.74, 6) is -11.4. The number of carbonyl (C=O) groups excluding carboxylic acids is 10. The molecule has 0 aromatic heterocycles. The Morgan fingerprint density at radius 1 is 0.219 bits per heavy atom. The molecule has 40 nitrogen and oxygen atoms in total. The molecule has 0 aliphatic heterocycles. The van der Waals surface area contributed by atoms with Crippen molar-refractivity contribution in [3.05, 3.63) is 88.5 Å². The van der Waals surface area contributed by atoms with Gasteiger partial charge in [0.25, 0.3) is 0 Å². The van der Waals surface area contributed by atoms with E-state index < -0.39 is 124 Å². The summed E-state index contributed by atoms with van der Waals surface area (Å²) in [7, 11) is 18.8. The highest BCUT2D eigenvalue weighted by Crippen LogP contribution is 2.40. The highest BCUT2D eigenvalue weighted by Gasteiger charge is 2.37.